The van der Waals surface area contributed by atoms with Crippen LogP contribution in [0.1, 0.15) is 53.9 Å². The fourth-order valence-electron chi connectivity index (χ4n) is 1.54. The highest BCUT2D eigenvalue weighted by Crippen LogP contribution is 2.19. The van der Waals surface area contributed by atoms with Crippen molar-refractivity contribution in [3.05, 3.63) is 0 Å². The molecule has 0 heterocycles. The number of rotatable bonds is 10. The van der Waals surface area contributed by atoms with E-state index in [1.54, 1.807) is 6.92 Å². The van der Waals surface area contributed by atoms with Gasteiger partial charge in [0, 0.05) is 6.42 Å². The normalized spacial score (nSPS) is 12.8. The largest absolute Gasteiger partial charge is 0.375 e. The number of carbonyl (C=O) groups is 1. The minimum Gasteiger partial charge on any atom is -0.375 e. The van der Waals surface area contributed by atoms with E-state index in [0.717, 1.165) is 12.8 Å². The first kappa shape index (κ1) is 17.6. The molecule has 0 aromatic carbocycles. The summed E-state index contributed by atoms with van der Waals surface area (Å²) in [6, 6.07) is 0. The third kappa shape index (κ3) is 9.57. The summed E-state index contributed by atoms with van der Waals surface area (Å²) in [4.78, 5) is 10.8. The molecular formula is C14H29NO3. The molecule has 0 saturated carbocycles. The second-order valence-corrected chi connectivity index (χ2v) is 5.96. The van der Waals surface area contributed by atoms with Gasteiger partial charge in [-0.1, -0.05) is 0 Å². The fraction of sp³-hybridized carbons (Fsp3) is 0.929. The molecule has 108 valence electrons. The molecule has 4 nitrogen and oxygen atoms in total. The van der Waals surface area contributed by atoms with Crippen LogP contribution in [-0.4, -0.2) is 36.7 Å². The molecule has 0 aromatic rings. The van der Waals surface area contributed by atoms with E-state index in [2.05, 4.69) is 0 Å². The second kappa shape index (κ2) is 7.87. The minimum atomic E-state index is -0.256. The summed E-state index contributed by atoms with van der Waals surface area (Å²) >= 11 is 0. The molecule has 4 heteroatoms. The Balaban J connectivity index is 3.85. The summed E-state index contributed by atoms with van der Waals surface area (Å²) in [6.07, 6.45) is 2.13. The molecule has 0 aliphatic carbocycles. The molecule has 0 spiro atoms. The smallest absolute Gasteiger partial charge is 0.132 e. The van der Waals surface area contributed by atoms with E-state index in [1.165, 1.54) is 0 Å². The molecular weight excluding hydrogens is 230 g/mol. The molecule has 0 aliphatic heterocycles. The van der Waals surface area contributed by atoms with Crippen molar-refractivity contribution < 1.29 is 14.3 Å². The number of carbonyl (C=O) groups excluding carboxylic acids is 1. The first-order valence-corrected chi connectivity index (χ1v) is 6.66. The summed E-state index contributed by atoms with van der Waals surface area (Å²) in [5.41, 5.74) is 5.10. The lowest BCUT2D eigenvalue weighted by Crippen LogP contribution is -2.32. The Morgan fingerprint density at radius 1 is 1.00 bits per heavy atom. The first-order valence-electron chi connectivity index (χ1n) is 6.66. The molecule has 0 unspecified atom stereocenters. The van der Waals surface area contributed by atoms with E-state index in [1.807, 2.05) is 27.7 Å². The molecule has 0 atom stereocenters. The van der Waals surface area contributed by atoms with Crippen LogP contribution in [0.4, 0.5) is 0 Å². The maximum atomic E-state index is 10.8. The van der Waals surface area contributed by atoms with Gasteiger partial charge in [0.2, 0.25) is 0 Å². The Morgan fingerprint density at radius 2 is 1.50 bits per heavy atom. The number of ether oxygens (including phenoxy) is 2. The fourth-order valence-corrected chi connectivity index (χ4v) is 1.54. The lowest BCUT2D eigenvalue weighted by Gasteiger charge is -2.29. The molecule has 0 aliphatic rings. The Kier molecular flexibility index (Phi) is 7.67. The molecule has 18 heavy (non-hydrogen) atoms. The van der Waals surface area contributed by atoms with Crippen LogP contribution in [0.25, 0.3) is 0 Å². The zero-order valence-corrected chi connectivity index (χ0v) is 12.5. The van der Waals surface area contributed by atoms with E-state index in [4.69, 9.17) is 15.2 Å². The summed E-state index contributed by atoms with van der Waals surface area (Å²) in [6.45, 7) is 11.5. The summed E-state index contributed by atoms with van der Waals surface area (Å²) in [5.74, 6) is 0.158. The Bertz CT molecular complexity index is 249. The van der Waals surface area contributed by atoms with Gasteiger partial charge in [-0.3, -0.25) is 4.79 Å². The quantitative estimate of drug-likeness (QED) is 0.654. The average Bonchev–Trinajstić information content (AvgIpc) is 2.15. The van der Waals surface area contributed by atoms with Gasteiger partial charge in [-0.25, -0.2) is 0 Å². The van der Waals surface area contributed by atoms with E-state index in [9.17, 15) is 4.79 Å². The lowest BCUT2D eigenvalue weighted by molar-refractivity contribution is -0.120. The number of Topliss-reactive ketones (excluding diaryl/α,β-unsaturated/α-hetero) is 1. The van der Waals surface area contributed by atoms with Crippen molar-refractivity contribution in [2.45, 2.75) is 65.1 Å². The van der Waals surface area contributed by atoms with Crippen LogP contribution in [0.2, 0.25) is 0 Å². The summed E-state index contributed by atoms with van der Waals surface area (Å²) in [7, 11) is 0. The Morgan fingerprint density at radius 3 is 2.00 bits per heavy atom. The number of ketones is 1. The van der Waals surface area contributed by atoms with Crippen molar-refractivity contribution in [3.8, 4) is 0 Å². The zero-order chi connectivity index (χ0) is 14.2. The SMILES string of the molecule is CC(=O)CCOC(C)(C)CCOC(C)(C)CCN. The van der Waals surface area contributed by atoms with E-state index < -0.39 is 0 Å². The van der Waals surface area contributed by atoms with Gasteiger partial charge in [-0.05, 0) is 54.0 Å². The van der Waals surface area contributed by atoms with Crippen LogP contribution >= 0.6 is 0 Å². The topological polar surface area (TPSA) is 61.5 Å². The Labute approximate surface area is 111 Å². The van der Waals surface area contributed by atoms with Crippen molar-refractivity contribution in [1.82, 2.24) is 0 Å². The number of hydrogen-bond acceptors (Lipinski definition) is 4. The lowest BCUT2D eigenvalue weighted by atomic mass is 10.0. The maximum absolute atomic E-state index is 10.8. The molecule has 0 rings (SSSR count). The van der Waals surface area contributed by atoms with Crippen LogP contribution in [0.15, 0.2) is 0 Å². The highest BCUT2D eigenvalue weighted by Gasteiger charge is 2.22. The van der Waals surface area contributed by atoms with Gasteiger partial charge < -0.3 is 15.2 Å². The molecule has 0 saturated heterocycles. The maximum Gasteiger partial charge on any atom is 0.132 e. The van der Waals surface area contributed by atoms with Crippen molar-refractivity contribution in [1.29, 1.82) is 0 Å². The van der Waals surface area contributed by atoms with Gasteiger partial charge in [0.1, 0.15) is 5.78 Å². The van der Waals surface area contributed by atoms with Crippen LogP contribution < -0.4 is 5.73 Å². The van der Waals surface area contributed by atoms with Gasteiger partial charge in [0.05, 0.1) is 24.4 Å². The van der Waals surface area contributed by atoms with Crippen molar-refractivity contribution >= 4 is 5.78 Å². The van der Waals surface area contributed by atoms with Gasteiger partial charge in [0.25, 0.3) is 0 Å². The van der Waals surface area contributed by atoms with Crippen LogP contribution in [0.3, 0.4) is 0 Å². The van der Waals surface area contributed by atoms with Crippen LogP contribution in [-0.2, 0) is 14.3 Å². The standard InChI is InChI=1S/C14H29NO3/c1-12(16)6-10-17-14(4,5)8-11-18-13(2,3)7-9-15/h6-11,15H2,1-5H3. The Hall–Kier alpha value is -0.450. The van der Waals surface area contributed by atoms with E-state index >= 15 is 0 Å². The van der Waals surface area contributed by atoms with Gasteiger partial charge >= 0.3 is 0 Å². The second-order valence-electron chi connectivity index (χ2n) is 5.96. The van der Waals surface area contributed by atoms with Crippen molar-refractivity contribution in [2.75, 3.05) is 19.8 Å². The molecule has 0 aromatic heterocycles. The summed E-state index contributed by atoms with van der Waals surface area (Å²) < 4.78 is 11.5. The predicted octanol–water partition coefficient (Wildman–Crippen LogP) is 2.29. The minimum absolute atomic E-state index is 0.158. The molecule has 0 bridgehead atoms. The van der Waals surface area contributed by atoms with Gasteiger partial charge in [-0.2, -0.15) is 0 Å². The van der Waals surface area contributed by atoms with E-state index in [-0.39, 0.29) is 17.0 Å². The first-order chi connectivity index (χ1) is 8.18. The van der Waals surface area contributed by atoms with Crippen LogP contribution in [0, 0.1) is 0 Å². The van der Waals surface area contributed by atoms with Crippen molar-refractivity contribution in [3.63, 3.8) is 0 Å². The molecule has 0 amide bonds. The highest BCUT2D eigenvalue weighted by atomic mass is 16.5. The zero-order valence-electron chi connectivity index (χ0n) is 12.5. The third-order valence-electron chi connectivity index (χ3n) is 2.89. The number of nitrogens with two attached hydrogens (primary N) is 1. The van der Waals surface area contributed by atoms with Gasteiger partial charge in [-0.15, -0.1) is 0 Å². The predicted molar refractivity (Wildman–Crippen MR) is 73.6 cm³/mol. The molecule has 0 fully saturated rings. The molecule has 0 radical (unpaired) electrons. The van der Waals surface area contributed by atoms with E-state index in [0.29, 0.717) is 26.2 Å². The van der Waals surface area contributed by atoms with Gasteiger partial charge in [0.15, 0.2) is 0 Å². The highest BCUT2D eigenvalue weighted by molar-refractivity contribution is 5.75. The van der Waals surface area contributed by atoms with Crippen LogP contribution in [0.5, 0.6) is 0 Å². The number of hydrogen-bond donors (Lipinski definition) is 1. The third-order valence-corrected chi connectivity index (χ3v) is 2.89. The van der Waals surface area contributed by atoms with Crippen molar-refractivity contribution in [2.24, 2.45) is 5.73 Å². The molecule has 2 N–H and O–H groups in total. The summed E-state index contributed by atoms with van der Waals surface area (Å²) in [5, 5.41) is 0. The average molecular weight is 259 g/mol. The monoisotopic (exact) mass is 259 g/mol.